The maximum atomic E-state index is 11.9. The Balaban J connectivity index is 2.47. The van der Waals surface area contributed by atoms with E-state index in [1.54, 1.807) is 13.8 Å². The first-order chi connectivity index (χ1) is 8.33. The fourth-order valence-corrected chi connectivity index (χ4v) is 3.20. The molecule has 1 atom stereocenters. The summed E-state index contributed by atoms with van der Waals surface area (Å²) in [6, 6.07) is 0.934. The largest absolute Gasteiger partial charge is 0.313 e. The van der Waals surface area contributed by atoms with Gasteiger partial charge in [-0.25, -0.2) is 8.42 Å². The van der Waals surface area contributed by atoms with Gasteiger partial charge in [-0.3, -0.25) is 4.90 Å². The number of rotatable bonds is 7. The van der Waals surface area contributed by atoms with Crippen molar-refractivity contribution in [1.29, 1.82) is 0 Å². The van der Waals surface area contributed by atoms with E-state index in [0.717, 1.165) is 13.1 Å². The van der Waals surface area contributed by atoms with Crippen LogP contribution < -0.4 is 5.32 Å². The topological polar surface area (TPSA) is 49.4 Å². The molecule has 1 fully saturated rings. The maximum Gasteiger partial charge on any atom is 0.153 e. The molecule has 0 saturated carbocycles. The minimum absolute atomic E-state index is 0.267. The molecular formula is C13H28N2O2S. The molecule has 1 aliphatic rings. The Labute approximate surface area is 112 Å². The molecule has 1 N–H and O–H groups in total. The molecule has 0 aromatic heterocycles. The van der Waals surface area contributed by atoms with Crippen molar-refractivity contribution in [3.8, 4) is 0 Å². The molecule has 0 aromatic carbocycles. The predicted octanol–water partition coefficient (Wildman–Crippen LogP) is 1.27. The van der Waals surface area contributed by atoms with Gasteiger partial charge < -0.3 is 5.32 Å². The Morgan fingerprint density at radius 1 is 1.28 bits per heavy atom. The van der Waals surface area contributed by atoms with E-state index < -0.39 is 9.84 Å². The van der Waals surface area contributed by atoms with E-state index in [-0.39, 0.29) is 11.0 Å². The summed E-state index contributed by atoms with van der Waals surface area (Å²) in [5.41, 5.74) is 0. The molecule has 0 bridgehead atoms. The highest BCUT2D eigenvalue weighted by atomic mass is 32.2. The Hall–Kier alpha value is -0.130. The number of hydrogen-bond acceptors (Lipinski definition) is 4. The summed E-state index contributed by atoms with van der Waals surface area (Å²) in [6.45, 7) is 10.5. The molecule has 0 spiro atoms. The van der Waals surface area contributed by atoms with E-state index in [9.17, 15) is 8.42 Å². The highest BCUT2D eigenvalue weighted by molar-refractivity contribution is 7.92. The van der Waals surface area contributed by atoms with E-state index in [1.165, 1.54) is 12.8 Å². The Morgan fingerprint density at radius 3 is 2.39 bits per heavy atom. The van der Waals surface area contributed by atoms with Crippen molar-refractivity contribution < 1.29 is 8.42 Å². The van der Waals surface area contributed by atoms with Crippen LogP contribution in [0.15, 0.2) is 0 Å². The molecule has 0 amide bonds. The van der Waals surface area contributed by atoms with Gasteiger partial charge >= 0.3 is 0 Å². The lowest BCUT2D eigenvalue weighted by atomic mass is 10.2. The van der Waals surface area contributed by atoms with E-state index in [0.29, 0.717) is 18.6 Å². The van der Waals surface area contributed by atoms with Gasteiger partial charge in [0.05, 0.1) is 11.0 Å². The number of sulfone groups is 1. The van der Waals surface area contributed by atoms with Crippen LogP contribution in [0.1, 0.15) is 40.5 Å². The third-order valence-corrected chi connectivity index (χ3v) is 5.92. The predicted molar refractivity (Wildman–Crippen MR) is 76.7 cm³/mol. The standard InChI is InChI=1S/C13H28N2O2S/c1-11(2)15(10-13-6-5-7-14-13)8-9-18(16,17)12(3)4/h11-14H,5-10H2,1-4H3. The van der Waals surface area contributed by atoms with Crippen LogP contribution in [-0.4, -0.2) is 56.0 Å². The molecule has 1 unspecified atom stereocenters. The van der Waals surface area contributed by atoms with Gasteiger partial charge in [0.1, 0.15) is 0 Å². The Bertz CT molecular complexity index is 333. The third kappa shape index (κ3) is 4.86. The number of hydrogen-bond donors (Lipinski definition) is 1. The molecule has 0 aromatic rings. The fraction of sp³-hybridized carbons (Fsp3) is 1.00. The first-order valence-corrected chi connectivity index (χ1v) is 8.73. The summed E-state index contributed by atoms with van der Waals surface area (Å²) in [5.74, 6) is 0.273. The van der Waals surface area contributed by atoms with Gasteiger partial charge in [0.2, 0.25) is 0 Å². The van der Waals surface area contributed by atoms with Gasteiger partial charge in [0.15, 0.2) is 9.84 Å². The van der Waals surface area contributed by atoms with Crippen molar-refractivity contribution in [3.05, 3.63) is 0 Å². The molecule has 0 aliphatic carbocycles. The lowest BCUT2D eigenvalue weighted by Crippen LogP contribution is -2.43. The maximum absolute atomic E-state index is 11.9. The second-order valence-corrected chi connectivity index (χ2v) is 8.47. The van der Waals surface area contributed by atoms with Gasteiger partial charge in [-0.05, 0) is 47.1 Å². The highest BCUT2D eigenvalue weighted by Crippen LogP contribution is 2.10. The first-order valence-electron chi connectivity index (χ1n) is 7.02. The van der Waals surface area contributed by atoms with Gasteiger partial charge in [0.25, 0.3) is 0 Å². The van der Waals surface area contributed by atoms with Crippen LogP contribution in [-0.2, 0) is 9.84 Å². The zero-order valence-electron chi connectivity index (χ0n) is 12.1. The smallest absolute Gasteiger partial charge is 0.153 e. The normalized spacial score (nSPS) is 21.4. The average molecular weight is 276 g/mol. The Kier molecular flexibility index (Phi) is 6.08. The summed E-state index contributed by atoms with van der Waals surface area (Å²) in [7, 11) is -2.92. The van der Waals surface area contributed by atoms with E-state index >= 15 is 0 Å². The molecule has 1 heterocycles. The van der Waals surface area contributed by atoms with Crippen molar-refractivity contribution in [1.82, 2.24) is 10.2 Å². The van der Waals surface area contributed by atoms with E-state index in [1.807, 2.05) is 0 Å². The van der Waals surface area contributed by atoms with Crippen LogP contribution in [0, 0.1) is 0 Å². The van der Waals surface area contributed by atoms with Crippen molar-refractivity contribution >= 4 is 9.84 Å². The summed E-state index contributed by atoms with van der Waals surface area (Å²) in [6.07, 6.45) is 2.45. The van der Waals surface area contributed by atoms with Gasteiger partial charge in [-0.15, -0.1) is 0 Å². The van der Waals surface area contributed by atoms with Crippen LogP contribution in [0.5, 0.6) is 0 Å². The molecule has 4 nitrogen and oxygen atoms in total. The second kappa shape index (κ2) is 6.87. The van der Waals surface area contributed by atoms with Crippen LogP contribution in [0.3, 0.4) is 0 Å². The third-order valence-electron chi connectivity index (χ3n) is 3.73. The van der Waals surface area contributed by atoms with Crippen molar-refractivity contribution in [3.63, 3.8) is 0 Å². The SMILES string of the molecule is CC(C)N(CCS(=O)(=O)C(C)C)CC1CCCN1. The van der Waals surface area contributed by atoms with Crippen LogP contribution in [0.25, 0.3) is 0 Å². The van der Waals surface area contributed by atoms with Gasteiger partial charge in [0, 0.05) is 25.2 Å². The lowest BCUT2D eigenvalue weighted by Gasteiger charge is -2.29. The van der Waals surface area contributed by atoms with Crippen molar-refractivity contribution in [2.24, 2.45) is 0 Å². The first kappa shape index (κ1) is 15.9. The van der Waals surface area contributed by atoms with Crippen LogP contribution in [0.4, 0.5) is 0 Å². The number of nitrogens with zero attached hydrogens (tertiary/aromatic N) is 1. The van der Waals surface area contributed by atoms with Gasteiger partial charge in [-0.2, -0.15) is 0 Å². The summed E-state index contributed by atoms with van der Waals surface area (Å²) in [5, 5.41) is 3.20. The molecule has 1 aliphatic heterocycles. The summed E-state index contributed by atoms with van der Waals surface area (Å²) >= 11 is 0. The molecule has 1 rings (SSSR count). The zero-order chi connectivity index (χ0) is 13.8. The minimum atomic E-state index is -2.92. The summed E-state index contributed by atoms with van der Waals surface area (Å²) in [4.78, 5) is 2.28. The molecule has 18 heavy (non-hydrogen) atoms. The molecule has 1 saturated heterocycles. The molecule has 0 radical (unpaired) electrons. The average Bonchev–Trinajstić information content (AvgIpc) is 2.76. The highest BCUT2D eigenvalue weighted by Gasteiger charge is 2.22. The molecule has 108 valence electrons. The van der Waals surface area contributed by atoms with Gasteiger partial charge in [-0.1, -0.05) is 0 Å². The quantitative estimate of drug-likeness (QED) is 0.761. The number of nitrogens with one attached hydrogen (secondary N) is 1. The van der Waals surface area contributed by atoms with E-state index in [4.69, 9.17) is 0 Å². The Morgan fingerprint density at radius 2 is 1.94 bits per heavy atom. The van der Waals surface area contributed by atoms with Crippen LogP contribution in [0.2, 0.25) is 0 Å². The van der Waals surface area contributed by atoms with Crippen molar-refractivity contribution in [2.45, 2.75) is 57.9 Å². The molecular weight excluding hydrogens is 248 g/mol. The minimum Gasteiger partial charge on any atom is -0.313 e. The monoisotopic (exact) mass is 276 g/mol. The summed E-state index contributed by atoms with van der Waals surface area (Å²) < 4.78 is 23.7. The van der Waals surface area contributed by atoms with E-state index in [2.05, 4.69) is 24.1 Å². The fourth-order valence-electron chi connectivity index (χ4n) is 2.24. The zero-order valence-corrected chi connectivity index (χ0v) is 13.0. The van der Waals surface area contributed by atoms with Crippen LogP contribution >= 0.6 is 0 Å². The lowest BCUT2D eigenvalue weighted by molar-refractivity contribution is 0.214. The van der Waals surface area contributed by atoms with Crippen molar-refractivity contribution in [2.75, 3.05) is 25.4 Å². The molecule has 5 heteroatoms. The second-order valence-electron chi connectivity index (χ2n) is 5.80.